The van der Waals surface area contributed by atoms with Crippen molar-refractivity contribution < 1.29 is 18.3 Å². The van der Waals surface area contributed by atoms with Gasteiger partial charge in [0.2, 0.25) is 5.91 Å². The summed E-state index contributed by atoms with van der Waals surface area (Å²) in [7, 11) is 0. The number of amides is 1. The van der Waals surface area contributed by atoms with Crippen LogP contribution in [0.5, 0.6) is 5.19 Å². The molecule has 0 spiro atoms. The van der Waals surface area contributed by atoms with E-state index in [9.17, 15) is 13.6 Å². The first-order valence-electron chi connectivity index (χ1n) is 12.2. The zero-order valence-electron chi connectivity index (χ0n) is 20.3. The van der Waals surface area contributed by atoms with Gasteiger partial charge in [-0.15, -0.1) is 0 Å². The second-order valence-corrected chi connectivity index (χ2v) is 10.7. The number of nitrogens with zero attached hydrogens (tertiary/aromatic N) is 4. The minimum Gasteiger partial charge on any atom is -0.464 e. The summed E-state index contributed by atoms with van der Waals surface area (Å²) in [5, 5.41) is 3.46. The van der Waals surface area contributed by atoms with Crippen LogP contribution < -0.4 is 10.1 Å². The molecule has 1 aliphatic heterocycles. The standard InChI is InChI=1S/C25H33F2N5O2S/c1-17-28-13-19(14-29-17)5-8-23(33)30-20-6-3-18(4-7-20)9-11-32-12-10-22-21(15-32)31-24(35-22)34-16-25(2,26)27/h5,8,13-14,18,20H,3-4,6-7,9-12,15-16H2,1-2H3,(H,30,33)/b8-5+. The average Bonchev–Trinajstić information content (AvgIpc) is 3.24. The number of ether oxygens (including phenoxy) is 1. The molecule has 190 valence electrons. The lowest BCUT2D eigenvalue weighted by molar-refractivity contribution is -0.117. The van der Waals surface area contributed by atoms with E-state index in [1.165, 1.54) is 11.3 Å². The number of aromatic nitrogens is 3. The van der Waals surface area contributed by atoms with Gasteiger partial charge in [0.05, 0.1) is 5.69 Å². The molecule has 1 N–H and O–H groups in total. The maximum absolute atomic E-state index is 13.0. The Kier molecular flexibility index (Phi) is 8.43. The highest BCUT2D eigenvalue weighted by molar-refractivity contribution is 7.13. The van der Waals surface area contributed by atoms with Gasteiger partial charge in [0.25, 0.3) is 11.1 Å². The van der Waals surface area contributed by atoms with Crippen molar-refractivity contribution >= 4 is 23.3 Å². The molecule has 1 saturated carbocycles. The summed E-state index contributed by atoms with van der Waals surface area (Å²) >= 11 is 1.39. The fourth-order valence-electron chi connectivity index (χ4n) is 4.54. The number of rotatable bonds is 9. The van der Waals surface area contributed by atoms with E-state index in [4.69, 9.17) is 4.74 Å². The summed E-state index contributed by atoms with van der Waals surface area (Å²) in [5.41, 5.74) is 1.77. The molecule has 0 bridgehead atoms. The van der Waals surface area contributed by atoms with Crippen LogP contribution in [-0.2, 0) is 17.8 Å². The highest BCUT2D eigenvalue weighted by Crippen LogP contribution is 2.32. The number of fused-ring (bicyclic) bond motifs is 1. The Morgan fingerprint density at radius 2 is 2.03 bits per heavy atom. The third-order valence-corrected chi connectivity index (χ3v) is 7.58. The topological polar surface area (TPSA) is 80.2 Å². The quantitative estimate of drug-likeness (QED) is 0.509. The van der Waals surface area contributed by atoms with Crippen molar-refractivity contribution in [2.75, 3.05) is 19.7 Å². The molecule has 0 radical (unpaired) electrons. The molecule has 7 nitrogen and oxygen atoms in total. The van der Waals surface area contributed by atoms with Crippen LogP contribution in [0, 0.1) is 12.8 Å². The van der Waals surface area contributed by atoms with Gasteiger partial charge in [-0.1, -0.05) is 11.3 Å². The van der Waals surface area contributed by atoms with Crippen LogP contribution >= 0.6 is 11.3 Å². The fraction of sp³-hybridized carbons (Fsp3) is 0.600. The second kappa shape index (κ2) is 11.5. The molecule has 0 saturated heterocycles. The molecule has 3 heterocycles. The molecule has 2 aromatic rings. The number of carbonyl (C=O) groups excluding carboxylic acids is 1. The van der Waals surface area contributed by atoms with Gasteiger partial charge in [-0.2, -0.15) is 0 Å². The van der Waals surface area contributed by atoms with Gasteiger partial charge in [-0.3, -0.25) is 9.69 Å². The van der Waals surface area contributed by atoms with Gasteiger partial charge < -0.3 is 10.1 Å². The second-order valence-electron chi connectivity index (χ2n) is 9.65. The number of alkyl halides is 2. The van der Waals surface area contributed by atoms with E-state index in [2.05, 4.69) is 25.2 Å². The van der Waals surface area contributed by atoms with Crippen LogP contribution in [0.25, 0.3) is 6.08 Å². The predicted octanol–water partition coefficient (Wildman–Crippen LogP) is 4.41. The first kappa shape index (κ1) is 25.6. The van der Waals surface area contributed by atoms with Crippen molar-refractivity contribution in [3.05, 3.63) is 40.4 Å². The van der Waals surface area contributed by atoms with E-state index in [1.807, 2.05) is 6.92 Å². The Morgan fingerprint density at radius 1 is 1.29 bits per heavy atom. The maximum Gasteiger partial charge on any atom is 0.278 e. The molecule has 0 atom stereocenters. The molecular weight excluding hydrogens is 472 g/mol. The average molecular weight is 506 g/mol. The van der Waals surface area contributed by atoms with E-state index in [-0.39, 0.29) is 11.9 Å². The van der Waals surface area contributed by atoms with Crippen molar-refractivity contribution in [3.8, 4) is 5.19 Å². The molecule has 0 aromatic carbocycles. The fourth-order valence-corrected chi connectivity index (χ4v) is 5.45. The molecule has 1 amide bonds. The Hall–Kier alpha value is -2.46. The van der Waals surface area contributed by atoms with Gasteiger partial charge in [-0.05, 0) is 64.0 Å². The zero-order valence-corrected chi connectivity index (χ0v) is 21.1. The Labute approximate surface area is 209 Å². The van der Waals surface area contributed by atoms with Crippen molar-refractivity contribution in [2.24, 2.45) is 5.92 Å². The van der Waals surface area contributed by atoms with E-state index in [1.54, 1.807) is 24.5 Å². The van der Waals surface area contributed by atoms with Crippen LogP contribution in [0.15, 0.2) is 18.5 Å². The van der Waals surface area contributed by atoms with Gasteiger partial charge in [-0.25, -0.2) is 23.7 Å². The molecular formula is C25H33F2N5O2S. The van der Waals surface area contributed by atoms with E-state index < -0.39 is 12.5 Å². The predicted molar refractivity (Wildman–Crippen MR) is 132 cm³/mol. The number of hydrogen-bond donors (Lipinski definition) is 1. The normalized spacial score (nSPS) is 21.1. The molecule has 2 aromatic heterocycles. The lowest BCUT2D eigenvalue weighted by atomic mass is 9.84. The Balaban J connectivity index is 1.15. The first-order valence-corrected chi connectivity index (χ1v) is 13.0. The lowest BCUT2D eigenvalue weighted by Crippen LogP contribution is -2.37. The number of hydrogen-bond acceptors (Lipinski definition) is 7. The summed E-state index contributed by atoms with van der Waals surface area (Å²) in [6, 6.07) is 0.221. The molecule has 0 unspecified atom stereocenters. The van der Waals surface area contributed by atoms with Gasteiger partial charge in [0, 0.05) is 55.0 Å². The van der Waals surface area contributed by atoms with Crippen LogP contribution in [0.1, 0.15) is 61.0 Å². The van der Waals surface area contributed by atoms with Crippen molar-refractivity contribution in [1.82, 2.24) is 25.2 Å². The highest BCUT2D eigenvalue weighted by atomic mass is 32.1. The summed E-state index contributed by atoms with van der Waals surface area (Å²) in [6.07, 6.45) is 12.9. The van der Waals surface area contributed by atoms with Gasteiger partial charge in [0.15, 0.2) is 6.61 Å². The monoisotopic (exact) mass is 505 g/mol. The summed E-state index contributed by atoms with van der Waals surface area (Å²) in [6.45, 7) is 4.76. The third-order valence-electron chi connectivity index (χ3n) is 6.51. The summed E-state index contributed by atoms with van der Waals surface area (Å²) in [4.78, 5) is 28.5. The minimum absolute atomic E-state index is 0.0765. The van der Waals surface area contributed by atoms with E-state index >= 15 is 0 Å². The lowest BCUT2D eigenvalue weighted by Gasteiger charge is -2.31. The van der Waals surface area contributed by atoms with Crippen LogP contribution in [-0.4, -0.2) is 57.4 Å². The Bertz CT molecular complexity index is 1010. The number of halogens is 2. The van der Waals surface area contributed by atoms with Gasteiger partial charge >= 0.3 is 0 Å². The minimum atomic E-state index is -2.85. The van der Waals surface area contributed by atoms with Crippen LogP contribution in [0.3, 0.4) is 0 Å². The molecule has 1 aliphatic carbocycles. The van der Waals surface area contributed by atoms with Gasteiger partial charge in [0.1, 0.15) is 5.82 Å². The largest absolute Gasteiger partial charge is 0.464 e. The smallest absolute Gasteiger partial charge is 0.278 e. The summed E-state index contributed by atoms with van der Waals surface area (Å²) in [5.74, 6) is -1.57. The molecule has 2 aliphatic rings. The highest BCUT2D eigenvalue weighted by Gasteiger charge is 2.27. The molecule has 10 heteroatoms. The van der Waals surface area contributed by atoms with E-state index in [0.717, 1.165) is 81.2 Å². The summed E-state index contributed by atoms with van der Waals surface area (Å²) < 4.78 is 31.3. The van der Waals surface area contributed by atoms with Crippen molar-refractivity contribution in [2.45, 2.75) is 70.9 Å². The number of carbonyl (C=O) groups is 1. The third kappa shape index (κ3) is 8.03. The Morgan fingerprint density at radius 3 is 2.74 bits per heavy atom. The number of nitrogens with one attached hydrogen (secondary N) is 1. The molecule has 4 rings (SSSR count). The zero-order chi connectivity index (χ0) is 24.8. The number of aryl methyl sites for hydroxylation is 1. The number of thiazole rings is 1. The maximum atomic E-state index is 13.0. The molecule has 35 heavy (non-hydrogen) atoms. The van der Waals surface area contributed by atoms with Crippen molar-refractivity contribution in [1.29, 1.82) is 0 Å². The van der Waals surface area contributed by atoms with Crippen molar-refractivity contribution in [3.63, 3.8) is 0 Å². The SMILES string of the molecule is Cc1ncc(/C=C/C(=O)NC2CCC(CCN3CCc4sc(OCC(C)(F)F)nc4C3)CC2)cn1. The van der Waals surface area contributed by atoms with Crippen LogP contribution in [0.2, 0.25) is 0 Å². The van der Waals surface area contributed by atoms with E-state index in [0.29, 0.717) is 16.9 Å². The first-order chi connectivity index (χ1) is 16.7. The van der Waals surface area contributed by atoms with Crippen LogP contribution in [0.4, 0.5) is 8.78 Å². The molecule has 1 fully saturated rings.